The monoisotopic (exact) mass is 343 g/mol. The molecular weight excluding hydrogens is 322 g/mol. The maximum absolute atomic E-state index is 12.1. The zero-order valence-electron chi connectivity index (χ0n) is 13.9. The highest BCUT2D eigenvalue weighted by atomic mass is 16.6. The summed E-state index contributed by atoms with van der Waals surface area (Å²) in [7, 11) is 0. The number of para-hydroxylation sites is 2. The Bertz CT molecular complexity index is 747. The van der Waals surface area contributed by atoms with Crippen molar-refractivity contribution < 1.29 is 14.3 Å². The molecule has 3 heterocycles. The fourth-order valence-electron chi connectivity index (χ4n) is 3.10. The van der Waals surface area contributed by atoms with E-state index in [4.69, 9.17) is 9.47 Å². The number of aromatic nitrogens is 3. The van der Waals surface area contributed by atoms with E-state index in [0.29, 0.717) is 13.2 Å². The zero-order chi connectivity index (χ0) is 17.1. The van der Waals surface area contributed by atoms with Gasteiger partial charge >= 0.3 is 0 Å². The van der Waals surface area contributed by atoms with Gasteiger partial charge in [0.15, 0.2) is 11.5 Å². The minimum atomic E-state index is -0.175. The van der Waals surface area contributed by atoms with Crippen LogP contribution in [0, 0.1) is 0 Å². The van der Waals surface area contributed by atoms with E-state index in [1.165, 1.54) is 0 Å². The number of hydrogen-bond donors (Lipinski definition) is 2. The second-order valence-corrected chi connectivity index (χ2v) is 6.28. The topological polar surface area (TPSA) is 90.3 Å². The van der Waals surface area contributed by atoms with Gasteiger partial charge in [-0.2, -0.15) is 5.10 Å². The van der Waals surface area contributed by atoms with Crippen molar-refractivity contribution in [2.75, 3.05) is 19.7 Å². The Morgan fingerprint density at radius 2 is 2.20 bits per heavy atom. The number of nitrogens with zero attached hydrogens (tertiary/aromatic N) is 3. The molecule has 2 N–H and O–H groups in total. The SMILES string of the molecule is O=C(CN[C@H]1CCc2ncnn2C1)NC[C@H]1COc2ccccc2O1. The summed E-state index contributed by atoms with van der Waals surface area (Å²) < 4.78 is 13.4. The van der Waals surface area contributed by atoms with Crippen molar-refractivity contribution in [1.82, 2.24) is 25.4 Å². The maximum atomic E-state index is 12.1. The molecule has 0 fully saturated rings. The fourth-order valence-corrected chi connectivity index (χ4v) is 3.10. The maximum Gasteiger partial charge on any atom is 0.234 e. The highest BCUT2D eigenvalue weighted by Crippen LogP contribution is 2.30. The van der Waals surface area contributed by atoms with Gasteiger partial charge in [-0.25, -0.2) is 9.67 Å². The van der Waals surface area contributed by atoms with Gasteiger partial charge in [0.1, 0.15) is 24.9 Å². The van der Waals surface area contributed by atoms with Gasteiger partial charge < -0.3 is 20.1 Å². The van der Waals surface area contributed by atoms with Crippen LogP contribution >= 0.6 is 0 Å². The molecule has 8 nitrogen and oxygen atoms in total. The van der Waals surface area contributed by atoms with Gasteiger partial charge in [-0.15, -0.1) is 0 Å². The van der Waals surface area contributed by atoms with Gasteiger partial charge in [-0.3, -0.25) is 4.79 Å². The summed E-state index contributed by atoms with van der Waals surface area (Å²) in [5.41, 5.74) is 0. The number of amides is 1. The average molecular weight is 343 g/mol. The Labute approximate surface area is 145 Å². The van der Waals surface area contributed by atoms with E-state index in [9.17, 15) is 4.79 Å². The third-order valence-electron chi connectivity index (χ3n) is 4.45. The van der Waals surface area contributed by atoms with Crippen molar-refractivity contribution >= 4 is 5.91 Å². The summed E-state index contributed by atoms with van der Waals surface area (Å²) in [6, 6.07) is 7.79. The molecule has 2 aliphatic heterocycles. The minimum absolute atomic E-state index is 0.0492. The average Bonchev–Trinajstić information content (AvgIpc) is 3.12. The van der Waals surface area contributed by atoms with E-state index >= 15 is 0 Å². The van der Waals surface area contributed by atoms with Crippen molar-refractivity contribution in [1.29, 1.82) is 0 Å². The Morgan fingerprint density at radius 3 is 3.12 bits per heavy atom. The molecule has 0 saturated heterocycles. The first kappa shape index (κ1) is 15.9. The molecule has 1 amide bonds. The molecule has 0 radical (unpaired) electrons. The van der Waals surface area contributed by atoms with Crippen molar-refractivity contribution in [3.63, 3.8) is 0 Å². The molecule has 1 aromatic carbocycles. The lowest BCUT2D eigenvalue weighted by molar-refractivity contribution is -0.120. The van der Waals surface area contributed by atoms with Crippen LogP contribution in [0.5, 0.6) is 11.5 Å². The van der Waals surface area contributed by atoms with Crippen molar-refractivity contribution in [2.24, 2.45) is 0 Å². The molecule has 1 aromatic heterocycles. The van der Waals surface area contributed by atoms with E-state index in [1.54, 1.807) is 6.33 Å². The zero-order valence-corrected chi connectivity index (χ0v) is 13.9. The first-order valence-electron chi connectivity index (χ1n) is 8.53. The number of aryl methyl sites for hydroxylation is 1. The molecule has 8 heteroatoms. The van der Waals surface area contributed by atoms with Crippen molar-refractivity contribution in [2.45, 2.75) is 31.5 Å². The van der Waals surface area contributed by atoms with E-state index in [0.717, 1.165) is 36.7 Å². The second kappa shape index (κ2) is 7.10. The molecule has 2 aromatic rings. The van der Waals surface area contributed by atoms with Crippen LogP contribution in [-0.2, 0) is 17.8 Å². The van der Waals surface area contributed by atoms with E-state index < -0.39 is 0 Å². The molecule has 2 aliphatic rings. The number of carbonyl (C=O) groups is 1. The van der Waals surface area contributed by atoms with Gasteiger partial charge in [-0.1, -0.05) is 12.1 Å². The predicted molar refractivity (Wildman–Crippen MR) is 89.5 cm³/mol. The van der Waals surface area contributed by atoms with Gasteiger partial charge in [0, 0.05) is 12.5 Å². The number of fused-ring (bicyclic) bond motifs is 2. The molecular formula is C17H21N5O3. The Balaban J connectivity index is 1.19. The minimum Gasteiger partial charge on any atom is -0.486 e. The first-order valence-corrected chi connectivity index (χ1v) is 8.53. The largest absolute Gasteiger partial charge is 0.486 e. The summed E-state index contributed by atoms with van der Waals surface area (Å²) in [6.45, 7) is 1.88. The van der Waals surface area contributed by atoms with Crippen LogP contribution in [0.15, 0.2) is 30.6 Å². The fraction of sp³-hybridized carbons (Fsp3) is 0.471. The molecule has 0 saturated carbocycles. The quantitative estimate of drug-likeness (QED) is 0.803. The summed E-state index contributed by atoms with van der Waals surface area (Å²) in [4.78, 5) is 16.3. The van der Waals surface area contributed by atoms with E-state index in [-0.39, 0.29) is 24.6 Å². The van der Waals surface area contributed by atoms with Gasteiger partial charge in [0.25, 0.3) is 0 Å². The van der Waals surface area contributed by atoms with Crippen LogP contribution in [0.2, 0.25) is 0 Å². The van der Waals surface area contributed by atoms with Crippen molar-refractivity contribution in [3.8, 4) is 11.5 Å². The smallest absolute Gasteiger partial charge is 0.234 e. The molecule has 4 rings (SSSR count). The molecule has 2 atom stereocenters. The molecule has 0 spiro atoms. The summed E-state index contributed by atoms with van der Waals surface area (Å²) in [5.74, 6) is 2.43. The number of rotatable bonds is 5. The molecule has 0 unspecified atom stereocenters. The number of hydrogen-bond acceptors (Lipinski definition) is 6. The number of ether oxygens (including phenoxy) is 2. The first-order chi connectivity index (χ1) is 12.3. The lowest BCUT2D eigenvalue weighted by atomic mass is 10.1. The third kappa shape index (κ3) is 3.74. The third-order valence-corrected chi connectivity index (χ3v) is 4.45. The van der Waals surface area contributed by atoms with Gasteiger partial charge in [0.2, 0.25) is 5.91 Å². The second-order valence-electron chi connectivity index (χ2n) is 6.28. The molecule has 25 heavy (non-hydrogen) atoms. The number of carbonyl (C=O) groups excluding carboxylic acids is 1. The lowest BCUT2D eigenvalue weighted by Crippen LogP contribution is -2.46. The van der Waals surface area contributed by atoms with Crippen LogP contribution in [-0.4, -0.2) is 52.5 Å². The summed E-state index contributed by atoms with van der Waals surface area (Å²) in [6.07, 6.45) is 3.24. The van der Waals surface area contributed by atoms with Crippen LogP contribution in [0.3, 0.4) is 0 Å². The van der Waals surface area contributed by atoms with Crippen molar-refractivity contribution in [3.05, 3.63) is 36.4 Å². The van der Waals surface area contributed by atoms with Gasteiger partial charge in [0.05, 0.1) is 19.6 Å². The normalized spacial score (nSPS) is 21.4. The van der Waals surface area contributed by atoms with Crippen LogP contribution in [0.1, 0.15) is 12.2 Å². The van der Waals surface area contributed by atoms with E-state index in [1.807, 2.05) is 28.9 Å². The predicted octanol–water partition coefficient (Wildman–Crippen LogP) is 0.139. The Hall–Kier alpha value is -2.61. The standard InChI is InChI=1S/C17H21N5O3/c23-17(8-18-12-5-6-16-20-11-21-22(16)9-12)19-7-13-10-24-14-3-1-2-4-15(14)25-13/h1-4,11-13,18H,5-10H2,(H,19,23)/t12-,13-/m0/s1. The highest BCUT2D eigenvalue weighted by molar-refractivity contribution is 5.78. The van der Waals surface area contributed by atoms with Gasteiger partial charge in [-0.05, 0) is 18.6 Å². The van der Waals surface area contributed by atoms with Crippen LogP contribution < -0.4 is 20.1 Å². The summed E-state index contributed by atoms with van der Waals surface area (Å²) >= 11 is 0. The molecule has 0 aliphatic carbocycles. The Kier molecular flexibility index (Phi) is 4.51. The summed E-state index contributed by atoms with van der Waals surface area (Å²) in [5, 5.41) is 10.4. The molecule has 132 valence electrons. The number of nitrogens with one attached hydrogen (secondary N) is 2. The molecule has 0 bridgehead atoms. The highest BCUT2D eigenvalue weighted by Gasteiger charge is 2.22. The van der Waals surface area contributed by atoms with E-state index in [2.05, 4.69) is 20.7 Å². The number of benzene rings is 1. The van der Waals surface area contributed by atoms with Crippen LogP contribution in [0.4, 0.5) is 0 Å². The van der Waals surface area contributed by atoms with Crippen LogP contribution in [0.25, 0.3) is 0 Å². The lowest BCUT2D eigenvalue weighted by Gasteiger charge is -2.27. The Morgan fingerprint density at radius 1 is 1.32 bits per heavy atom.